The van der Waals surface area contributed by atoms with Crippen LogP contribution in [0.25, 0.3) is 0 Å². The normalized spacial score (nSPS) is 13.8. The number of morpholine rings is 1. The van der Waals surface area contributed by atoms with E-state index >= 15 is 0 Å². The molecule has 0 atom stereocenters. The van der Waals surface area contributed by atoms with Gasteiger partial charge in [-0.3, -0.25) is 4.79 Å². The molecule has 6 nitrogen and oxygen atoms in total. The smallest absolute Gasteiger partial charge is 0.251 e. The van der Waals surface area contributed by atoms with Crippen molar-refractivity contribution < 1.29 is 9.53 Å². The van der Waals surface area contributed by atoms with Gasteiger partial charge in [0.1, 0.15) is 11.0 Å². The van der Waals surface area contributed by atoms with Crippen molar-refractivity contribution in [3.63, 3.8) is 0 Å². The Balaban J connectivity index is 1.33. The van der Waals surface area contributed by atoms with Gasteiger partial charge >= 0.3 is 0 Å². The number of halogens is 1. The molecule has 1 fully saturated rings. The highest BCUT2D eigenvalue weighted by molar-refractivity contribution is 7.98. The van der Waals surface area contributed by atoms with E-state index in [1.165, 1.54) is 11.8 Å². The zero-order chi connectivity index (χ0) is 21.5. The number of ether oxygens (including phenoxy) is 1. The molecule has 1 N–H and O–H groups in total. The van der Waals surface area contributed by atoms with Crippen LogP contribution in [-0.4, -0.2) is 42.2 Å². The van der Waals surface area contributed by atoms with Crippen LogP contribution in [0.2, 0.25) is 5.15 Å². The van der Waals surface area contributed by atoms with Crippen LogP contribution in [0.5, 0.6) is 0 Å². The molecule has 1 aliphatic heterocycles. The number of carbonyl (C=O) groups excluding carboxylic acids is 1. The van der Waals surface area contributed by atoms with Crippen molar-refractivity contribution in [2.75, 3.05) is 31.2 Å². The highest BCUT2D eigenvalue weighted by Gasteiger charge is 2.15. The second-order valence-electron chi connectivity index (χ2n) is 7.08. The van der Waals surface area contributed by atoms with Gasteiger partial charge in [-0.15, -0.1) is 0 Å². The van der Waals surface area contributed by atoms with Crippen molar-refractivity contribution in [3.05, 3.63) is 82.5 Å². The summed E-state index contributed by atoms with van der Waals surface area (Å²) in [6, 6.07) is 19.2. The van der Waals surface area contributed by atoms with E-state index in [9.17, 15) is 4.79 Å². The molecule has 1 aliphatic rings. The lowest BCUT2D eigenvalue weighted by Gasteiger charge is -2.27. The van der Waals surface area contributed by atoms with Crippen LogP contribution >= 0.6 is 23.4 Å². The fourth-order valence-corrected chi connectivity index (χ4v) is 4.22. The number of benzene rings is 2. The lowest BCUT2D eigenvalue weighted by atomic mass is 10.1. The molecular weight excluding hydrogens is 432 g/mol. The molecule has 2 heterocycles. The second kappa shape index (κ2) is 10.6. The summed E-state index contributed by atoms with van der Waals surface area (Å²) in [5.41, 5.74) is 2.79. The summed E-state index contributed by atoms with van der Waals surface area (Å²) in [7, 11) is 0. The summed E-state index contributed by atoms with van der Waals surface area (Å²) in [6.07, 6.45) is 0. The highest BCUT2D eigenvalue weighted by atomic mass is 35.5. The van der Waals surface area contributed by atoms with Gasteiger partial charge in [-0.1, -0.05) is 65.8 Å². The Hall–Kier alpha value is -2.61. The fraction of sp³-hybridized carbons (Fsp3) is 0.261. The molecule has 0 bridgehead atoms. The zero-order valence-electron chi connectivity index (χ0n) is 17.0. The average Bonchev–Trinajstić information content (AvgIpc) is 2.82. The van der Waals surface area contributed by atoms with E-state index in [1.54, 1.807) is 6.07 Å². The number of nitrogens with zero attached hydrogens (tertiary/aromatic N) is 3. The molecule has 0 unspecified atom stereocenters. The Morgan fingerprint density at radius 1 is 1.03 bits per heavy atom. The number of anilines is 1. The molecule has 1 aromatic heterocycles. The minimum Gasteiger partial charge on any atom is -0.378 e. The number of aromatic nitrogens is 2. The molecule has 2 aromatic carbocycles. The molecule has 160 valence electrons. The van der Waals surface area contributed by atoms with E-state index < -0.39 is 0 Å². The minimum atomic E-state index is -0.0867. The third-order valence-electron chi connectivity index (χ3n) is 4.88. The molecule has 4 rings (SSSR count). The standard InChI is InChI=1S/C23H23ClN4O2S/c24-20-14-21(28-10-12-30-13-11-28)27-23(26-20)31-16-18-6-8-19(9-7-18)22(29)25-15-17-4-2-1-3-5-17/h1-9,14H,10-13,15-16H2,(H,25,29). The van der Waals surface area contributed by atoms with Gasteiger partial charge < -0.3 is 15.0 Å². The number of hydrogen-bond acceptors (Lipinski definition) is 6. The first kappa shape index (κ1) is 21.6. The largest absolute Gasteiger partial charge is 0.378 e. The van der Waals surface area contributed by atoms with Gasteiger partial charge in [0.2, 0.25) is 0 Å². The number of carbonyl (C=O) groups is 1. The Kier molecular flexibility index (Phi) is 7.40. The van der Waals surface area contributed by atoms with Gasteiger partial charge in [0, 0.05) is 37.0 Å². The van der Waals surface area contributed by atoms with E-state index in [0.29, 0.717) is 41.4 Å². The topological polar surface area (TPSA) is 67.4 Å². The van der Waals surface area contributed by atoms with Crippen molar-refractivity contribution in [1.29, 1.82) is 0 Å². The molecule has 0 saturated carbocycles. The van der Waals surface area contributed by atoms with Gasteiger partial charge in [-0.05, 0) is 23.3 Å². The highest BCUT2D eigenvalue weighted by Crippen LogP contribution is 2.25. The van der Waals surface area contributed by atoms with Gasteiger partial charge in [0.15, 0.2) is 5.16 Å². The molecule has 0 aliphatic carbocycles. The summed E-state index contributed by atoms with van der Waals surface area (Å²) < 4.78 is 5.40. The van der Waals surface area contributed by atoms with Crippen LogP contribution in [0.15, 0.2) is 65.8 Å². The number of amides is 1. The van der Waals surface area contributed by atoms with Crippen molar-refractivity contribution >= 4 is 35.1 Å². The van der Waals surface area contributed by atoms with Crippen LogP contribution in [0, 0.1) is 0 Å². The molecule has 0 spiro atoms. The van der Waals surface area contributed by atoms with Crippen LogP contribution in [0.3, 0.4) is 0 Å². The zero-order valence-corrected chi connectivity index (χ0v) is 18.5. The summed E-state index contributed by atoms with van der Waals surface area (Å²) in [4.78, 5) is 23.5. The quantitative estimate of drug-likeness (QED) is 0.328. The van der Waals surface area contributed by atoms with Gasteiger partial charge in [-0.2, -0.15) is 0 Å². The predicted octanol–water partition coefficient (Wildman–Crippen LogP) is 4.19. The Morgan fingerprint density at radius 3 is 2.52 bits per heavy atom. The third-order valence-corrected chi connectivity index (χ3v) is 5.99. The van der Waals surface area contributed by atoms with E-state index in [2.05, 4.69) is 20.2 Å². The minimum absolute atomic E-state index is 0.0867. The molecule has 3 aromatic rings. The van der Waals surface area contributed by atoms with Crippen molar-refractivity contribution in [3.8, 4) is 0 Å². The fourth-order valence-electron chi connectivity index (χ4n) is 3.18. The first-order chi connectivity index (χ1) is 15.2. The Labute approximate surface area is 191 Å². The summed E-state index contributed by atoms with van der Waals surface area (Å²) in [6.45, 7) is 3.48. The molecule has 8 heteroatoms. The maximum atomic E-state index is 12.4. The summed E-state index contributed by atoms with van der Waals surface area (Å²) in [5.74, 6) is 1.43. The van der Waals surface area contributed by atoms with Crippen LogP contribution < -0.4 is 10.2 Å². The molecule has 1 amide bonds. The summed E-state index contributed by atoms with van der Waals surface area (Å²) >= 11 is 7.74. The van der Waals surface area contributed by atoms with Gasteiger partial charge in [0.25, 0.3) is 5.91 Å². The molecular formula is C23H23ClN4O2S. The first-order valence-corrected chi connectivity index (χ1v) is 11.4. The Bertz CT molecular complexity index is 1010. The SMILES string of the molecule is O=C(NCc1ccccc1)c1ccc(CSc2nc(Cl)cc(N3CCOCC3)n2)cc1. The number of nitrogens with one attached hydrogen (secondary N) is 1. The second-order valence-corrected chi connectivity index (χ2v) is 8.41. The number of thioether (sulfide) groups is 1. The van der Waals surface area contributed by atoms with Crippen molar-refractivity contribution in [2.45, 2.75) is 17.5 Å². The monoisotopic (exact) mass is 454 g/mol. The van der Waals surface area contributed by atoms with Crippen molar-refractivity contribution in [1.82, 2.24) is 15.3 Å². The molecule has 31 heavy (non-hydrogen) atoms. The molecule has 0 radical (unpaired) electrons. The summed E-state index contributed by atoms with van der Waals surface area (Å²) in [5, 5.41) is 4.02. The number of hydrogen-bond donors (Lipinski definition) is 1. The van der Waals surface area contributed by atoms with Gasteiger partial charge in [0.05, 0.1) is 13.2 Å². The van der Waals surface area contributed by atoms with E-state index in [1.807, 2.05) is 54.6 Å². The van der Waals surface area contributed by atoms with E-state index in [-0.39, 0.29) is 5.91 Å². The van der Waals surface area contributed by atoms with Crippen molar-refractivity contribution in [2.24, 2.45) is 0 Å². The van der Waals surface area contributed by atoms with Crippen LogP contribution in [-0.2, 0) is 17.0 Å². The average molecular weight is 455 g/mol. The predicted molar refractivity (Wildman–Crippen MR) is 124 cm³/mol. The number of rotatable bonds is 7. The van der Waals surface area contributed by atoms with Crippen LogP contribution in [0.1, 0.15) is 21.5 Å². The van der Waals surface area contributed by atoms with E-state index in [0.717, 1.165) is 30.0 Å². The van der Waals surface area contributed by atoms with E-state index in [4.69, 9.17) is 16.3 Å². The maximum absolute atomic E-state index is 12.4. The molecule has 1 saturated heterocycles. The van der Waals surface area contributed by atoms with Crippen LogP contribution in [0.4, 0.5) is 5.82 Å². The first-order valence-electron chi connectivity index (χ1n) is 10.1. The Morgan fingerprint density at radius 2 is 1.77 bits per heavy atom. The third kappa shape index (κ3) is 6.19. The lowest BCUT2D eigenvalue weighted by Crippen LogP contribution is -2.36. The lowest BCUT2D eigenvalue weighted by molar-refractivity contribution is 0.0951. The van der Waals surface area contributed by atoms with Gasteiger partial charge in [-0.25, -0.2) is 9.97 Å². The maximum Gasteiger partial charge on any atom is 0.251 e.